The van der Waals surface area contributed by atoms with Crippen LogP contribution in [0.1, 0.15) is 0 Å². The monoisotopic (exact) mass is 339 g/mol. The number of ether oxygens (including phenoxy) is 1. The number of aromatic nitrogens is 3. The molecular weight excluding hydrogens is 321 g/mol. The van der Waals surface area contributed by atoms with Crippen molar-refractivity contribution in [2.45, 2.75) is 0 Å². The van der Waals surface area contributed by atoms with Crippen LogP contribution in [-0.4, -0.2) is 41.5 Å². The molecule has 7 heteroatoms. The van der Waals surface area contributed by atoms with Gasteiger partial charge in [0.15, 0.2) is 5.82 Å². The Labute approximate surface area is 144 Å². The van der Waals surface area contributed by atoms with Crippen LogP contribution in [0.3, 0.4) is 0 Å². The van der Waals surface area contributed by atoms with Gasteiger partial charge < -0.3 is 15.0 Å². The molecule has 3 aromatic rings. The molecule has 1 fully saturated rings. The Morgan fingerprint density at radius 1 is 1.08 bits per heavy atom. The van der Waals surface area contributed by atoms with Gasteiger partial charge in [0.25, 0.3) is 0 Å². The zero-order valence-corrected chi connectivity index (χ0v) is 13.6. The highest BCUT2D eigenvalue weighted by molar-refractivity contribution is 5.61. The van der Waals surface area contributed by atoms with Gasteiger partial charge in [0.05, 0.1) is 13.2 Å². The van der Waals surface area contributed by atoms with E-state index in [1.807, 2.05) is 12.1 Å². The molecule has 1 aromatic heterocycles. The molecule has 1 aliphatic heterocycles. The molecule has 2 heterocycles. The smallest absolute Gasteiger partial charge is 0.246 e. The number of rotatable bonds is 4. The van der Waals surface area contributed by atoms with Crippen LogP contribution in [0.2, 0.25) is 0 Å². The molecule has 0 bridgehead atoms. The van der Waals surface area contributed by atoms with Crippen molar-refractivity contribution >= 4 is 17.3 Å². The normalized spacial score (nSPS) is 14.5. The molecule has 0 saturated carbocycles. The molecule has 0 amide bonds. The second kappa shape index (κ2) is 6.90. The summed E-state index contributed by atoms with van der Waals surface area (Å²) in [6.07, 6.45) is 0. The average molecular weight is 339 g/mol. The van der Waals surface area contributed by atoms with Crippen molar-refractivity contribution in [2.24, 2.45) is 0 Å². The molecule has 25 heavy (non-hydrogen) atoms. The molecular formula is C18H18FN5O. The van der Waals surface area contributed by atoms with Gasteiger partial charge in [-0.2, -0.15) is 4.98 Å². The maximum Gasteiger partial charge on any atom is 0.246 e. The molecule has 0 aliphatic carbocycles. The van der Waals surface area contributed by atoms with Gasteiger partial charge in [0.1, 0.15) is 5.82 Å². The first kappa shape index (κ1) is 15.6. The highest BCUT2D eigenvalue weighted by atomic mass is 19.1. The topological polar surface area (TPSA) is 66.1 Å². The van der Waals surface area contributed by atoms with Crippen molar-refractivity contribution in [3.05, 3.63) is 54.3 Å². The molecule has 2 N–H and O–H groups in total. The fourth-order valence-corrected chi connectivity index (χ4v) is 2.79. The summed E-state index contributed by atoms with van der Waals surface area (Å²) < 4.78 is 18.7. The lowest BCUT2D eigenvalue weighted by Crippen LogP contribution is -2.36. The fourth-order valence-electron chi connectivity index (χ4n) is 2.79. The summed E-state index contributed by atoms with van der Waals surface area (Å²) in [4.78, 5) is 6.65. The summed E-state index contributed by atoms with van der Waals surface area (Å²) in [6, 6.07) is 14.3. The lowest BCUT2D eigenvalue weighted by Gasteiger charge is -2.28. The molecule has 0 unspecified atom stereocenters. The van der Waals surface area contributed by atoms with E-state index in [1.165, 1.54) is 17.8 Å². The quantitative estimate of drug-likeness (QED) is 0.764. The van der Waals surface area contributed by atoms with Crippen LogP contribution in [0.5, 0.6) is 0 Å². The number of aromatic amines is 1. The van der Waals surface area contributed by atoms with Crippen molar-refractivity contribution in [1.82, 2.24) is 15.2 Å². The molecule has 0 atom stereocenters. The first-order valence-electron chi connectivity index (χ1n) is 8.16. The van der Waals surface area contributed by atoms with Gasteiger partial charge in [0.2, 0.25) is 5.95 Å². The van der Waals surface area contributed by atoms with Crippen LogP contribution in [0.25, 0.3) is 11.4 Å². The zero-order valence-electron chi connectivity index (χ0n) is 13.6. The Balaban J connectivity index is 1.45. The van der Waals surface area contributed by atoms with Gasteiger partial charge in [0, 0.05) is 30.0 Å². The van der Waals surface area contributed by atoms with Crippen molar-refractivity contribution in [2.75, 3.05) is 36.5 Å². The molecule has 6 nitrogen and oxygen atoms in total. The van der Waals surface area contributed by atoms with E-state index in [0.29, 0.717) is 17.3 Å². The van der Waals surface area contributed by atoms with Crippen LogP contribution in [0, 0.1) is 5.82 Å². The minimum Gasteiger partial charge on any atom is -0.378 e. The second-order valence-corrected chi connectivity index (χ2v) is 5.79. The number of hydrogen-bond donors (Lipinski definition) is 2. The third-order valence-corrected chi connectivity index (χ3v) is 4.08. The molecule has 1 saturated heterocycles. The van der Waals surface area contributed by atoms with E-state index in [-0.39, 0.29) is 5.82 Å². The molecule has 0 spiro atoms. The van der Waals surface area contributed by atoms with Crippen molar-refractivity contribution < 1.29 is 9.13 Å². The number of benzene rings is 2. The maximum absolute atomic E-state index is 13.3. The van der Waals surface area contributed by atoms with Crippen molar-refractivity contribution in [3.63, 3.8) is 0 Å². The zero-order chi connectivity index (χ0) is 17.1. The number of morpholine rings is 1. The van der Waals surface area contributed by atoms with Crippen LogP contribution < -0.4 is 10.2 Å². The number of nitrogens with one attached hydrogen (secondary N) is 2. The first-order chi connectivity index (χ1) is 12.3. The average Bonchev–Trinajstić information content (AvgIpc) is 3.12. The third kappa shape index (κ3) is 3.61. The van der Waals surface area contributed by atoms with Crippen LogP contribution >= 0.6 is 0 Å². The van der Waals surface area contributed by atoms with Crippen LogP contribution in [-0.2, 0) is 4.74 Å². The highest BCUT2D eigenvalue weighted by Crippen LogP contribution is 2.22. The van der Waals surface area contributed by atoms with E-state index in [0.717, 1.165) is 32.0 Å². The third-order valence-electron chi connectivity index (χ3n) is 4.08. The van der Waals surface area contributed by atoms with E-state index in [1.54, 1.807) is 12.1 Å². The summed E-state index contributed by atoms with van der Waals surface area (Å²) in [5.41, 5.74) is 2.72. The minimum atomic E-state index is -0.304. The number of nitrogens with zero attached hydrogens (tertiary/aromatic N) is 3. The molecule has 0 radical (unpaired) electrons. The van der Waals surface area contributed by atoms with Crippen molar-refractivity contribution in [3.8, 4) is 11.4 Å². The fraction of sp³-hybridized carbons (Fsp3) is 0.222. The minimum absolute atomic E-state index is 0.304. The summed E-state index contributed by atoms with van der Waals surface area (Å²) >= 11 is 0. The number of H-pyrrole nitrogens is 1. The number of halogens is 1. The largest absolute Gasteiger partial charge is 0.378 e. The summed E-state index contributed by atoms with van der Waals surface area (Å²) in [6.45, 7) is 3.34. The van der Waals surface area contributed by atoms with Gasteiger partial charge in [-0.15, -0.1) is 5.10 Å². The lowest BCUT2D eigenvalue weighted by atomic mass is 10.2. The van der Waals surface area contributed by atoms with E-state index < -0.39 is 0 Å². The van der Waals surface area contributed by atoms with Crippen molar-refractivity contribution in [1.29, 1.82) is 0 Å². The standard InChI is InChI=1S/C18H18FN5O/c19-14-3-1-2-13(12-14)17-21-18(23-22-17)20-15-4-6-16(7-5-15)24-8-10-25-11-9-24/h1-7,12H,8-11H2,(H2,20,21,22,23). The van der Waals surface area contributed by atoms with E-state index in [9.17, 15) is 4.39 Å². The summed E-state index contributed by atoms with van der Waals surface area (Å²) in [7, 11) is 0. The Morgan fingerprint density at radius 3 is 2.64 bits per heavy atom. The van der Waals surface area contributed by atoms with E-state index in [2.05, 4.69) is 37.5 Å². The Morgan fingerprint density at radius 2 is 1.88 bits per heavy atom. The van der Waals surface area contributed by atoms with Crippen LogP contribution in [0.15, 0.2) is 48.5 Å². The van der Waals surface area contributed by atoms with E-state index in [4.69, 9.17) is 4.74 Å². The summed E-state index contributed by atoms with van der Waals surface area (Å²) in [5.74, 6) is 0.660. The van der Waals surface area contributed by atoms with Gasteiger partial charge in [-0.25, -0.2) is 4.39 Å². The summed E-state index contributed by atoms with van der Waals surface area (Å²) in [5, 5.41) is 10.1. The van der Waals surface area contributed by atoms with Crippen LogP contribution in [0.4, 0.5) is 21.7 Å². The molecule has 128 valence electrons. The first-order valence-corrected chi connectivity index (χ1v) is 8.16. The van der Waals surface area contributed by atoms with Gasteiger partial charge in [-0.3, -0.25) is 5.10 Å². The Hall–Kier alpha value is -2.93. The lowest BCUT2D eigenvalue weighted by molar-refractivity contribution is 0.122. The molecule has 2 aromatic carbocycles. The van der Waals surface area contributed by atoms with Gasteiger partial charge >= 0.3 is 0 Å². The predicted octanol–water partition coefficient (Wildman–Crippen LogP) is 3.19. The maximum atomic E-state index is 13.3. The number of anilines is 3. The Bertz CT molecular complexity index is 843. The van der Waals surface area contributed by atoms with Gasteiger partial charge in [-0.05, 0) is 36.4 Å². The molecule has 1 aliphatic rings. The van der Waals surface area contributed by atoms with E-state index >= 15 is 0 Å². The predicted molar refractivity (Wildman–Crippen MR) is 94.5 cm³/mol. The SMILES string of the molecule is Fc1cccc(-c2nc(Nc3ccc(N4CCOCC4)cc3)n[nH]2)c1. The van der Waals surface area contributed by atoms with Gasteiger partial charge in [-0.1, -0.05) is 12.1 Å². The number of hydrogen-bond acceptors (Lipinski definition) is 5. The Kier molecular flexibility index (Phi) is 4.30. The highest BCUT2D eigenvalue weighted by Gasteiger charge is 2.11. The molecule has 4 rings (SSSR count). The second-order valence-electron chi connectivity index (χ2n) is 5.79.